The molecule has 1 aromatic heterocycles. The Kier molecular flexibility index (Phi) is 7.70. The molecule has 1 aliphatic rings. The Hall–Kier alpha value is -4.10. The largest absolute Gasteiger partial charge is 0.506 e. The van der Waals surface area contributed by atoms with Gasteiger partial charge in [0.05, 0.1) is 29.3 Å². The summed E-state index contributed by atoms with van der Waals surface area (Å²) in [6, 6.07) is 20.5. The summed E-state index contributed by atoms with van der Waals surface area (Å²) >= 11 is 1.23. The number of aliphatic hydroxyl groups is 1. The standard InChI is InChI=1S/C32H29FN2O3S/c1-4-21-10-8-11-25-23(19-35(29(21)25)18-22-9-6-7-12-26(22)33)17-27-30(36)28(32(37)38-5-2)31(39-27)34-24-15-13-20(3)14-16-24/h6-17,19,36H,4-5,18H2,1-3H3/b27-17-,34-31?. The van der Waals surface area contributed by atoms with Crippen LogP contribution in [0.25, 0.3) is 17.0 Å². The van der Waals surface area contributed by atoms with Crippen molar-refractivity contribution >= 4 is 45.4 Å². The molecule has 0 spiro atoms. The van der Waals surface area contributed by atoms with Crippen molar-refractivity contribution < 1.29 is 19.0 Å². The van der Waals surface area contributed by atoms with E-state index in [9.17, 15) is 14.3 Å². The molecule has 2 heterocycles. The average Bonchev–Trinajstić information content (AvgIpc) is 3.43. The first kappa shape index (κ1) is 26.5. The van der Waals surface area contributed by atoms with E-state index < -0.39 is 5.97 Å². The van der Waals surface area contributed by atoms with Crippen LogP contribution in [0.4, 0.5) is 10.1 Å². The number of hydrogen-bond acceptors (Lipinski definition) is 5. The lowest BCUT2D eigenvalue weighted by Crippen LogP contribution is -2.12. The SMILES string of the molecule is CCOC(=O)C1=C(O)/C(=C/c2cn(Cc3ccccc3F)c3c(CC)cccc23)SC1=Nc1ccc(C)cc1. The number of thioether (sulfide) groups is 1. The van der Waals surface area contributed by atoms with Crippen molar-refractivity contribution in [2.24, 2.45) is 4.99 Å². The van der Waals surface area contributed by atoms with Crippen molar-refractivity contribution in [3.8, 4) is 0 Å². The van der Waals surface area contributed by atoms with Crippen molar-refractivity contribution in [1.29, 1.82) is 0 Å². The number of benzene rings is 3. The fourth-order valence-corrected chi connectivity index (χ4v) is 5.70. The summed E-state index contributed by atoms with van der Waals surface area (Å²) in [5, 5.41) is 12.6. The van der Waals surface area contributed by atoms with Gasteiger partial charge in [0, 0.05) is 22.7 Å². The van der Waals surface area contributed by atoms with Crippen LogP contribution < -0.4 is 0 Å². The molecular weight excluding hydrogens is 511 g/mol. The van der Waals surface area contributed by atoms with Gasteiger partial charge in [-0.15, -0.1) is 0 Å². The molecule has 0 bridgehead atoms. The molecule has 0 amide bonds. The van der Waals surface area contributed by atoms with Gasteiger partial charge in [-0.1, -0.05) is 72.8 Å². The molecule has 0 aliphatic carbocycles. The Bertz CT molecular complexity index is 1650. The minimum absolute atomic E-state index is 0.0537. The number of halogens is 1. The van der Waals surface area contributed by atoms with E-state index in [1.165, 1.54) is 17.8 Å². The average molecular weight is 541 g/mol. The molecule has 1 aliphatic heterocycles. The number of ether oxygens (including phenoxy) is 1. The maximum atomic E-state index is 14.5. The van der Waals surface area contributed by atoms with Crippen LogP contribution in [0.1, 0.15) is 36.1 Å². The second-order valence-corrected chi connectivity index (χ2v) is 10.3. The van der Waals surface area contributed by atoms with Crippen LogP contribution in [0.5, 0.6) is 0 Å². The summed E-state index contributed by atoms with van der Waals surface area (Å²) in [7, 11) is 0. The molecule has 3 aromatic carbocycles. The Balaban J connectivity index is 1.62. The first-order chi connectivity index (χ1) is 18.9. The minimum atomic E-state index is -0.619. The summed E-state index contributed by atoms with van der Waals surface area (Å²) in [5.74, 6) is -1.03. The van der Waals surface area contributed by atoms with E-state index in [4.69, 9.17) is 4.74 Å². The van der Waals surface area contributed by atoms with E-state index in [0.717, 1.165) is 34.0 Å². The number of aliphatic imine (C=N–C) groups is 1. The number of carbonyl (C=O) groups excluding carboxylic acids is 1. The van der Waals surface area contributed by atoms with Gasteiger partial charge in [0.2, 0.25) is 0 Å². The third-order valence-electron chi connectivity index (χ3n) is 6.61. The summed E-state index contributed by atoms with van der Waals surface area (Å²) in [4.78, 5) is 18.0. The van der Waals surface area contributed by atoms with Crippen molar-refractivity contribution in [3.05, 3.63) is 117 Å². The predicted octanol–water partition coefficient (Wildman–Crippen LogP) is 7.89. The van der Waals surface area contributed by atoms with Crippen LogP contribution >= 0.6 is 11.8 Å². The third kappa shape index (κ3) is 5.40. The number of rotatable bonds is 7. The van der Waals surface area contributed by atoms with E-state index in [-0.39, 0.29) is 23.8 Å². The monoisotopic (exact) mass is 540 g/mol. The topological polar surface area (TPSA) is 63.8 Å². The van der Waals surface area contributed by atoms with Gasteiger partial charge in [-0.05, 0) is 50.1 Å². The highest BCUT2D eigenvalue weighted by atomic mass is 32.2. The quantitative estimate of drug-likeness (QED) is 0.242. The molecule has 0 saturated carbocycles. The number of hydrogen-bond donors (Lipinski definition) is 1. The van der Waals surface area contributed by atoms with E-state index in [0.29, 0.717) is 27.7 Å². The highest BCUT2D eigenvalue weighted by Crippen LogP contribution is 2.41. The van der Waals surface area contributed by atoms with Crippen LogP contribution in [0, 0.1) is 12.7 Å². The zero-order valence-electron chi connectivity index (χ0n) is 22.1. The van der Waals surface area contributed by atoms with Crippen molar-refractivity contribution in [3.63, 3.8) is 0 Å². The fourth-order valence-electron chi connectivity index (χ4n) is 4.67. The first-order valence-electron chi connectivity index (χ1n) is 12.9. The zero-order chi connectivity index (χ0) is 27.5. The fraction of sp³-hybridized carbons (Fsp3) is 0.188. The van der Waals surface area contributed by atoms with Gasteiger partial charge in [-0.3, -0.25) is 0 Å². The van der Waals surface area contributed by atoms with Crippen molar-refractivity contribution in [1.82, 2.24) is 4.57 Å². The molecule has 0 saturated heterocycles. The second kappa shape index (κ2) is 11.3. The van der Waals surface area contributed by atoms with Crippen LogP contribution in [-0.4, -0.2) is 27.3 Å². The lowest BCUT2D eigenvalue weighted by atomic mass is 10.1. The first-order valence-corrected chi connectivity index (χ1v) is 13.7. The summed E-state index contributed by atoms with van der Waals surface area (Å²) in [6.07, 6.45) is 4.64. The Morgan fingerprint density at radius 2 is 1.79 bits per heavy atom. The highest BCUT2D eigenvalue weighted by molar-refractivity contribution is 8.18. The molecule has 1 N–H and O–H groups in total. The normalized spacial score (nSPS) is 15.6. The van der Waals surface area contributed by atoms with E-state index in [1.807, 2.05) is 66.2 Å². The van der Waals surface area contributed by atoms with Crippen LogP contribution in [0.2, 0.25) is 0 Å². The number of para-hydroxylation sites is 1. The number of carbonyl (C=O) groups is 1. The lowest BCUT2D eigenvalue weighted by Gasteiger charge is -2.09. The number of aryl methyl sites for hydroxylation is 2. The zero-order valence-corrected chi connectivity index (χ0v) is 22.9. The van der Waals surface area contributed by atoms with E-state index in [2.05, 4.69) is 18.0 Å². The molecule has 4 aromatic rings. The maximum Gasteiger partial charge on any atom is 0.344 e. The van der Waals surface area contributed by atoms with Gasteiger partial charge < -0.3 is 14.4 Å². The molecular formula is C32H29FN2O3S. The third-order valence-corrected chi connectivity index (χ3v) is 7.63. The van der Waals surface area contributed by atoms with Gasteiger partial charge in [0.25, 0.3) is 0 Å². The van der Waals surface area contributed by atoms with E-state index >= 15 is 0 Å². The van der Waals surface area contributed by atoms with Crippen LogP contribution in [0.15, 0.2) is 94.2 Å². The van der Waals surface area contributed by atoms with Crippen molar-refractivity contribution in [2.45, 2.75) is 33.7 Å². The molecule has 0 radical (unpaired) electrons. The van der Waals surface area contributed by atoms with Crippen LogP contribution in [-0.2, 0) is 22.5 Å². The Morgan fingerprint density at radius 3 is 2.51 bits per heavy atom. The summed E-state index contributed by atoms with van der Waals surface area (Å²) < 4.78 is 21.8. The lowest BCUT2D eigenvalue weighted by molar-refractivity contribution is -0.138. The molecule has 5 rings (SSSR count). The van der Waals surface area contributed by atoms with Gasteiger partial charge in [-0.25, -0.2) is 14.2 Å². The number of aliphatic hydroxyl groups excluding tert-OH is 1. The highest BCUT2D eigenvalue weighted by Gasteiger charge is 2.33. The molecule has 5 nitrogen and oxygen atoms in total. The summed E-state index contributed by atoms with van der Waals surface area (Å²) in [6.45, 7) is 6.35. The Morgan fingerprint density at radius 1 is 1.05 bits per heavy atom. The predicted molar refractivity (Wildman–Crippen MR) is 157 cm³/mol. The number of fused-ring (bicyclic) bond motifs is 1. The van der Waals surface area contributed by atoms with E-state index in [1.54, 1.807) is 19.1 Å². The summed E-state index contributed by atoms with van der Waals surface area (Å²) in [5.41, 5.74) is 5.42. The Labute approximate surface area is 231 Å². The maximum absolute atomic E-state index is 14.5. The van der Waals surface area contributed by atoms with Crippen LogP contribution in [0.3, 0.4) is 0 Å². The van der Waals surface area contributed by atoms with Gasteiger partial charge in [0.1, 0.15) is 22.2 Å². The molecule has 198 valence electrons. The smallest absolute Gasteiger partial charge is 0.344 e. The molecule has 7 heteroatoms. The van der Waals surface area contributed by atoms with Gasteiger partial charge in [-0.2, -0.15) is 0 Å². The number of nitrogens with zero attached hydrogens (tertiary/aromatic N) is 2. The number of esters is 1. The second-order valence-electron chi connectivity index (χ2n) is 9.28. The van der Waals surface area contributed by atoms with Crippen molar-refractivity contribution in [2.75, 3.05) is 6.61 Å². The van der Waals surface area contributed by atoms with Gasteiger partial charge >= 0.3 is 5.97 Å². The molecule has 0 unspecified atom stereocenters. The molecule has 39 heavy (non-hydrogen) atoms. The number of aromatic nitrogens is 1. The van der Waals surface area contributed by atoms with Gasteiger partial charge in [0.15, 0.2) is 0 Å². The molecule has 0 fully saturated rings. The minimum Gasteiger partial charge on any atom is -0.506 e. The molecule has 0 atom stereocenters.